The van der Waals surface area contributed by atoms with Crippen molar-refractivity contribution in [3.8, 4) is 6.07 Å². The summed E-state index contributed by atoms with van der Waals surface area (Å²) in [5, 5.41) is 12.8. The van der Waals surface area contributed by atoms with E-state index in [1.807, 2.05) is 0 Å². The Labute approximate surface area is 203 Å². The van der Waals surface area contributed by atoms with Crippen molar-refractivity contribution in [2.45, 2.75) is 74.0 Å². The van der Waals surface area contributed by atoms with Crippen molar-refractivity contribution < 1.29 is 26.4 Å². The summed E-state index contributed by atoms with van der Waals surface area (Å²) >= 11 is 0. The predicted octanol–water partition coefficient (Wildman–Crippen LogP) is 3.92. The smallest absolute Gasteiger partial charge is 0.326 e. The first-order valence-corrected chi connectivity index (χ1v) is 13.9. The number of likely N-dealkylation sites (tertiary alicyclic amines) is 1. The number of nitriles is 1. The lowest BCUT2D eigenvalue weighted by atomic mass is 9.47. The zero-order valence-corrected chi connectivity index (χ0v) is 20.3. The molecule has 5 fully saturated rings. The molecule has 1 heterocycles. The van der Waals surface area contributed by atoms with Gasteiger partial charge in [0.1, 0.15) is 6.04 Å². The second-order valence-electron chi connectivity index (χ2n) is 11.3. The zero-order chi connectivity index (χ0) is 25.1. The molecule has 1 aliphatic heterocycles. The van der Waals surface area contributed by atoms with Crippen LogP contribution in [0.3, 0.4) is 0 Å². The third kappa shape index (κ3) is 4.69. The summed E-state index contributed by atoms with van der Waals surface area (Å²) in [6, 6.07) is 5.60. The topological polar surface area (TPSA) is 90.3 Å². The molecule has 1 N–H and O–H groups in total. The van der Waals surface area contributed by atoms with Gasteiger partial charge in [0.05, 0.1) is 28.8 Å². The number of benzene rings is 1. The maximum absolute atomic E-state index is 13.3. The minimum absolute atomic E-state index is 0.0741. The first kappa shape index (κ1) is 24.6. The monoisotopic (exact) mass is 509 g/mol. The van der Waals surface area contributed by atoms with Crippen molar-refractivity contribution in [2.24, 2.45) is 17.3 Å². The van der Waals surface area contributed by atoms with Gasteiger partial charge in [-0.3, -0.25) is 4.79 Å². The summed E-state index contributed by atoms with van der Waals surface area (Å²) in [6.07, 6.45) is 2.10. The van der Waals surface area contributed by atoms with Gasteiger partial charge in [-0.1, -0.05) is 0 Å². The highest BCUT2D eigenvalue weighted by Crippen LogP contribution is 2.62. The van der Waals surface area contributed by atoms with Crippen molar-refractivity contribution in [3.63, 3.8) is 0 Å². The van der Waals surface area contributed by atoms with Crippen LogP contribution in [0.15, 0.2) is 29.2 Å². The average molecular weight is 510 g/mol. The molecule has 5 aliphatic rings. The summed E-state index contributed by atoms with van der Waals surface area (Å²) < 4.78 is 65.3. The molecule has 4 saturated carbocycles. The number of nitrogens with zero attached hydrogens (tertiary/aromatic N) is 2. The standard InChI is InChI=1S/C25H30F3N3O3S/c26-25(27,28)19-3-5-21(6-4-19)35(33,34)16-23-9-17-8-18(10-23)12-24(11-17,15-23)30-14-22(32)31-7-1-2-20(31)13-29/h3-6,17-18,20,30H,1-2,7-12,14-16H2/t17?,18?,20-,23?,24?/m0/s1. The number of rotatable bonds is 6. The van der Waals surface area contributed by atoms with E-state index in [4.69, 9.17) is 0 Å². The molecule has 3 atom stereocenters. The van der Waals surface area contributed by atoms with Gasteiger partial charge in [0.2, 0.25) is 5.91 Å². The van der Waals surface area contributed by atoms with E-state index in [1.165, 1.54) is 0 Å². The largest absolute Gasteiger partial charge is 0.416 e. The molecule has 1 saturated heterocycles. The lowest BCUT2D eigenvalue weighted by Crippen LogP contribution is -2.64. The van der Waals surface area contributed by atoms with Crippen molar-refractivity contribution in [2.75, 3.05) is 18.8 Å². The van der Waals surface area contributed by atoms with Crippen LogP contribution in [-0.2, 0) is 20.8 Å². The summed E-state index contributed by atoms with van der Waals surface area (Å²) in [6.45, 7) is 0.728. The normalized spacial score (nSPS) is 34.2. The Kier molecular flexibility index (Phi) is 5.95. The molecule has 0 radical (unpaired) electrons. The van der Waals surface area contributed by atoms with E-state index >= 15 is 0 Å². The number of nitrogens with one attached hydrogen (secondary N) is 1. The summed E-state index contributed by atoms with van der Waals surface area (Å²) in [5.74, 6) is 0.579. The average Bonchev–Trinajstić information content (AvgIpc) is 3.24. The molecule has 10 heteroatoms. The zero-order valence-electron chi connectivity index (χ0n) is 19.5. The molecule has 6 nitrogen and oxygen atoms in total. The highest BCUT2D eigenvalue weighted by atomic mass is 32.2. The van der Waals surface area contributed by atoms with Crippen molar-refractivity contribution >= 4 is 15.7 Å². The van der Waals surface area contributed by atoms with Crippen LogP contribution in [0.5, 0.6) is 0 Å². The number of hydrogen-bond donors (Lipinski definition) is 1. The Morgan fingerprint density at radius 3 is 2.40 bits per heavy atom. The number of sulfone groups is 1. The highest BCUT2D eigenvalue weighted by Gasteiger charge is 2.58. The Hall–Kier alpha value is -2.12. The molecule has 2 unspecified atom stereocenters. The molecule has 35 heavy (non-hydrogen) atoms. The lowest BCUT2D eigenvalue weighted by Gasteiger charge is -2.62. The van der Waals surface area contributed by atoms with Crippen LogP contribution in [-0.4, -0.2) is 49.6 Å². The van der Waals surface area contributed by atoms with Crippen LogP contribution >= 0.6 is 0 Å². The number of alkyl halides is 3. The van der Waals surface area contributed by atoms with Gasteiger partial charge in [-0.05, 0) is 92.9 Å². The van der Waals surface area contributed by atoms with Crippen LogP contribution in [0, 0.1) is 28.6 Å². The fourth-order valence-corrected chi connectivity index (χ4v) is 9.59. The summed E-state index contributed by atoms with van der Waals surface area (Å²) in [5.41, 5.74) is -1.61. The van der Waals surface area contributed by atoms with Crippen molar-refractivity contribution in [3.05, 3.63) is 29.8 Å². The molecule has 0 aromatic heterocycles. The number of carbonyl (C=O) groups is 1. The molecular formula is C25H30F3N3O3S. The lowest BCUT2D eigenvalue weighted by molar-refractivity contribution is -0.137. The quantitative estimate of drug-likeness (QED) is 0.628. The third-order valence-corrected chi connectivity index (χ3v) is 10.5. The number of hydrogen-bond acceptors (Lipinski definition) is 5. The number of carbonyl (C=O) groups excluding carboxylic acids is 1. The Morgan fingerprint density at radius 1 is 1.14 bits per heavy atom. The van der Waals surface area contributed by atoms with E-state index in [0.717, 1.165) is 62.8 Å². The molecule has 190 valence electrons. The molecular weight excluding hydrogens is 479 g/mol. The predicted molar refractivity (Wildman–Crippen MR) is 122 cm³/mol. The van der Waals surface area contributed by atoms with Crippen molar-refractivity contribution in [1.29, 1.82) is 5.26 Å². The van der Waals surface area contributed by atoms with Crippen LogP contribution < -0.4 is 5.32 Å². The Bertz CT molecular complexity index is 1130. The summed E-state index contributed by atoms with van der Waals surface area (Å²) in [4.78, 5) is 14.4. The van der Waals surface area contributed by atoms with E-state index in [-0.39, 0.29) is 34.7 Å². The molecule has 4 aliphatic carbocycles. The number of halogens is 3. The van der Waals surface area contributed by atoms with Crippen LogP contribution in [0.4, 0.5) is 13.2 Å². The Morgan fingerprint density at radius 2 is 1.80 bits per heavy atom. The van der Waals surface area contributed by atoms with Gasteiger partial charge < -0.3 is 10.2 Å². The van der Waals surface area contributed by atoms with Gasteiger partial charge in [0.15, 0.2) is 9.84 Å². The van der Waals surface area contributed by atoms with Gasteiger partial charge in [-0.15, -0.1) is 0 Å². The van der Waals surface area contributed by atoms with Crippen molar-refractivity contribution in [1.82, 2.24) is 10.2 Å². The van der Waals surface area contributed by atoms with Crippen LogP contribution in [0.2, 0.25) is 0 Å². The number of amides is 1. The fraction of sp³-hybridized carbons (Fsp3) is 0.680. The molecule has 0 spiro atoms. The SMILES string of the molecule is N#C[C@@H]1CCCN1C(=O)CNC12CC3CC(CC(CS(=O)(=O)c4ccc(C(F)(F)F)cc4)(C3)C1)C2. The van der Waals surface area contributed by atoms with Gasteiger partial charge in [0, 0.05) is 12.1 Å². The minimum Gasteiger partial charge on any atom is -0.326 e. The highest BCUT2D eigenvalue weighted by molar-refractivity contribution is 7.91. The minimum atomic E-state index is -4.51. The summed E-state index contributed by atoms with van der Waals surface area (Å²) in [7, 11) is -3.77. The van der Waals surface area contributed by atoms with Gasteiger partial charge in [-0.25, -0.2) is 8.42 Å². The first-order chi connectivity index (χ1) is 16.4. The molecule has 1 aromatic carbocycles. The second kappa shape index (κ2) is 8.48. The molecule has 4 bridgehead atoms. The van der Waals surface area contributed by atoms with E-state index < -0.39 is 27.0 Å². The second-order valence-corrected chi connectivity index (χ2v) is 13.2. The first-order valence-electron chi connectivity index (χ1n) is 12.3. The van der Waals surface area contributed by atoms with Crippen LogP contribution in [0.25, 0.3) is 0 Å². The van der Waals surface area contributed by atoms with E-state index in [9.17, 15) is 31.6 Å². The van der Waals surface area contributed by atoms with Crippen LogP contribution in [0.1, 0.15) is 56.9 Å². The maximum atomic E-state index is 13.3. The Balaban J connectivity index is 1.31. The molecule has 6 rings (SSSR count). The van der Waals surface area contributed by atoms with E-state index in [2.05, 4.69) is 11.4 Å². The van der Waals surface area contributed by atoms with Gasteiger partial charge in [0.25, 0.3) is 0 Å². The molecule has 1 amide bonds. The van der Waals surface area contributed by atoms with Gasteiger partial charge >= 0.3 is 6.18 Å². The van der Waals surface area contributed by atoms with Gasteiger partial charge in [-0.2, -0.15) is 18.4 Å². The third-order valence-electron chi connectivity index (χ3n) is 8.56. The maximum Gasteiger partial charge on any atom is 0.416 e. The van der Waals surface area contributed by atoms with E-state index in [1.54, 1.807) is 4.90 Å². The molecule has 1 aromatic rings. The van der Waals surface area contributed by atoms with E-state index in [0.29, 0.717) is 31.2 Å². The fourth-order valence-electron chi connectivity index (χ4n) is 7.73.